The lowest BCUT2D eigenvalue weighted by atomic mass is 10.0. The van der Waals surface area contributed by atoms with E-state index in [4.69, 9.17) is 14.2 Å². The molecule has 4 amide bonds. The molecule has 4 rings (SSSR count). The van der Waals surface area contributed by atoms with Gasteiger partial charge in [-0.05, 0) is 122 Å². The first-order valence-electron chi connectivity index (χ1n) is 19.6. The lowest BCUT2D eigenvalue weighted by molar-refractivity contribution is -0.132. The molecule has 0 spiro atoms. The number of amides is 4. The average molecular weight is 773 g/mol. The van der Waals surface area contributed by atoms with Gasteiger partial charge in [-0.1, -0.05) is 24.3 Å². The number of nitrogens with one attached hydrogen (secondary N) is 2. The zero-order chi connectivity index (χ0) is 40.7. The Hall–Kier alpha value is -5.17. The minimum atomic E-state index is -0.575. The van der Waals surface area contributed by atoms with Crippen molar-refractivity contribution in [2.45, 2.75) is 90.7 Å². The van der Waals surface area contributed by atoms with Gasteiger partial charge < -0.3 is 39.5 Å². The number of pyridine rings is 1. The van der Waals surface area contributed by atoms with Crippen LogP contribution in [0.5, 0.6) is 11.5 Å². The molecule has 1 aliphatic heterocycles. The molecule has 0 aliphatic carbocycles. The summed E-state index contributed by atoms with van der Waals surface area (Å²) in [5.74, 6) is 1.09. The fraction of sp³-hybridized carbons (Fsp3) is 0.512. The number of likely N-dealkylation sites (N-methyl/N-ethyl adjacent to an activating group) is 1. The molecule has 2 heterocycles. The quantitative estimate of drug-likeness (QED) is 0.136. The summed E-state index contributed by atoms with van der Waals surface area (Å²) in [6.07, 6.45) is 6.84. The molecule has 13 heteroatoms. The molecule has 0 bridgehead atoms. The van der Waals surface area contributed by atoms with Crippen molar-refractivity contribution in [1.29, 1.82) is 0 Å². The Balaban J connectivity index is 1.21. The first kappa shape index (κ1) is 43.6. The highest BCUT2D eigenvalue weighted by Gasteiger charge is 2.24. The van der Waals surface area contributed by atoms with Crippen molar-refractivity contribution >= 4 is 35.3 Å². The molecule has 0 unspecified atom stereocenters. The number of anilines is 2. The number of hydrogen-bond acceptors (Lipinski definition) is 9. The number of unbranched alkanes of at least 4 members (excludes halogenated alkanes) is 2. The molecule has 1 saturated heterocycles. The van der Waals surface area contributed by atoms with Crippen LogP contribution in [0.25, 0.3) is 0 Å². The summed E-state index contributed by atoms with van der Waals surface area (Å²) in [6, 6.07) is 16.6. The van der Waals surface area contributed by atoms with Crippen molar-refractivity contribution in [3.8, 4) is 11.5 Å². The van der Waals surface area contributed by atoms with Crippen LogP contribution in [0.3, 0.4) is 0 Å². The van der Waals surface area contributed by atoms with Crippen molar-refractivity contribution in [1.82, 2.24) is 20.1 Å². The van der Waals surface area contributed by atoms with Crippen LogP contribution in [-0.4, -0.2) is 104 Å². The fourth-order valence-electron chi connectivity index (χ4n) is 6.29. The Morgan fingerprint density at radius 2 is 1.59 bits per heavy atom. The molecule has 2 aromatic carbocycles. The number of likely N-dealkylation sites (tertiary alicyclic amines) is 1. The summed E-state index contributed by atoms with van der Waals surface area (Å²) in [5.41, 5.74) is 2.16. The highest BCUT2D eigenvalue weighted by atomic mass is 16.6. The fourth-order valence-corrected chi connectivity index (χ4v) is 6.29. The number of carbonyl (C=O) groups is 4. The molecule has 304 valence electrons. The minimum absolute atomic E-state index is 0.103. The highest BCUT2D eigenvalue weighted by Crippen LogP contribution is 2.30. The predicted molar refractivity (Wildman–Crippen MR) is 219 cm³/mol. The van der Waals surface area contributed by atoms with Gasteiger partial charge in [-0.3, -0.25) is 14.4 Å². The molecule has 56 heavy (non-hydrogen) atoms. The highest BCUT2D eigenvalue weighted by molar-refractivity contribution is 6.05. The minimum Gasteiger partial charge on any atom is -0.493 e. The van der Waals surface area contributed by atoms with Crippen LogP contribution in [0.1, 0.15) is 87.2 Å². The molecule has 1 aromatic heterocycles. The molecular weight excluding hydrogens is 713 g/mol. The van der Waals surface area contributed by atoms with E-state index in [0.717, 1.165) is 50.8 Å². The first-order valence-corrected chi connectivity index (χ1v) is 19.6. The molecule has 0 atom stereocenters. The van der Waals surface area contributed by atoms with Crippen molar-refractivity contribution < 1.29 is 33.4 Å². The van der Waals surface area contributed by atoms with Crippen molar-refractivity contribution in [3.05, 3.63) is 77.5 Å². The van der Waals surface area contributed by atoms with Crippen LogP contribution in [0, 0.1) is 6.92 Å². The maximum absolute atomic E-state index is 13.4. The Labute approximate surface area is 332 Å². The summed E-state index contributed by atoms with van der Waals surface area (Å²) >= 11 is 0. The van der Waals surface area contributed by atoms with E-state index in [1.807, 2.05) is 30.0 Å². The normalized spacial score (nSPS) is 13.2. The zero-order valence-corrected chi connectivity index (χ0v) is 34.2. The van der Waals surface area contributed by atoms with Gasteiger partial charge in [0.05, 0.1) is 30.9 Å². The van der Waals surface area contributed by atoms with E-state index >= 15 is 0 Å². The smallest absolute Gasteiger partial charge is 0.407 e. The van der Waals surface area contributed by atoms with Gasteiger partial charge in [0.25, 0.3) is 5.91 Å². The van der Waals surface area contributed by atoms with E-state index in [-0.39, 0.29) is 30.7 Å². The van der Waals surface area contributed by atoms with Gasteiger partial charge in [0, 0.05) is 45.3 Å². The van der Waals surface area contributed by atoms with Gasteiger partial charge in [-0.25, -0.2) is 9.78 Å². The third kappa shape index (κ3) is 14.2. The van der Waals surface area contributed by atoms with Crippen LogP contribution in [0.4, 0.5) is 16.3 Å². The van der Waals surface area contributed by atoms with E-state index in [1.165, 1.54) is 0 Å². The Kier molecular flexibility index (Phi) is 16.5. The van der Waals surface area contributed by atoms with Crippen LogP contribution in [-0.2, 0) is 20.7 Å². The number of aryl methyl sites for hydroxylation is 1. The molecule has 0 radical (unpaired) electrons. The molecule has 0 saturated carbocycles. The summed E-state index contributed by atoms with van der Waals surface area (Å²) in [6.45, 7) is 10.2. The number of aromatic nitrogens is 1. The summed E-state index contributed by atoms with van der Waals surface area (Å²) in [5, 5.41) is 5.49. The average Bonchev–Trinajstić information content (AvgIpc) is 3.16. The van der Waals surface area contributed by atoms with E-state index in [9.17, 15) is 19.2 Å². The van der Waals surface area contributed by atoms with Crippen LogP contribution in [0.15, 0.2) is 60.8 Å². The Morgan fingerprint density at radius 1 is 0.875 bits per heavy atom. The third-order valence-electron chi connectivity index (χ3n) is 9.49. The number of carbonyl (C=O) groups excluding carboxylic acids is 4. The first-order chi connectivity index (χ1) is 26.7. The lowest BCUT2D eigenvalue weighted by Gasteiger charge is -2.35. The van der Waals surface area contributed by atoms with Gasteiger partial charge in [-0.15, -0.1) is 0 Å². The monoisotopic (exact) mass is 772 g/mol. The van der Waals surface area contributed by atoms with Crippen LogP contribution < -0.4 is 25.0 Å². The maximum Gasteiger partial charge on any atom is 0.407 e. The lowest BCUT2D eigenvalue weighted by Crippen LogP contribution is -2.44. The standard InChI is InChI=1S/C43H60N6O7/c1-31-17-19-35(37(28-31)55-26-12-8-9-16-39(50)49-24-21-33(22-25-49)47(5)6)48(7)40(51)29-32-18-20-38(45-30-32)46-41(52)34-14-10-11-15-36(34)54-27-13-23-44-42(53)56-43(2,3)4/h10-11,14-15,17-20,28,30,33H,8-9,12-13,16,21-27,29H2,1-7H3,(H,44,53)(H,45,46,52). The van der Waals surface area contributed by atoms with E-state index in [0.29, 0.717) is 66.2 Å². The van der Waals surface area contributed by atoms with Crippen LogP contribution >= 0.6 is 0 Å². The maximum atomic E-state index is 13.4. The Morgan fingerprint density at radius 3 is 2.29 bits per heavy atom. The number of benzene rings is 2. The van der Waals surface area contributed by atoms with E-state index in [1.54, 1.807) is 75.3 Å². The van der Waals surface area contributed by atoms with E-state index in [2.05, 4.69) is 34.6 Å². The predicted octanol–water partition coefficient (Wildman–Crippen LogP) is 6.63. The van der Waals surface area contributed by atoms with Crippen LogP contribution in [0.2, 0.25) is 0 Å². The number of rotatable bonds is 18. The van der Waals surface area contributed by atoms with Gasteiger partial charge in [0.15, 0.2) is 0 Å². The van der Waals surface area contributed by atoms with Gasteiger partial charge in [0.1, 0.15) is 22.9 Å². The van der Waals surface area contributed by atoms with Gasteiger partial charge in [-0.2, -0.15) is 0 Å². The number of alkyl carbamates (subject to hydrolysis) is 1. The molecular formula is C43H60N6O7. The topological polar surface area (TPSA) is 143 Å². The Bertz CT molecular complexity index is 1750. The van der Waals surface area contributed by atoms with Crippen molar-refractivity contribution in [2.24, 2.45) is 0 Å². The zero-order valence-electron chi connectivity index (χ0n) is 34.2. The number of ether oxygens (including phenoxy) is 3. The second-order valence-corrected chi connectivity index (χ2v) is 15.5. The van der Waals surface area contributed by atoms with Crippen molar-refractivity contribution in [3.63, 3.8) is 0 Å². The summed E-state index contributed by atoms with van der Waals surface area (Å²) < 4.78 is 17.3. The van der Waals surface area contributed by atoms with Gasteiger partial charge in [0.2, 0.25) is 11.8 Å². The third-order valence-corrected chi connectivity index (χ3v) is 9.49. The van der Waals surface area contributed by atoms with Crippen molar-refractivity contribution in [2.75, 3.05) is 64.2 Å². The number of piperidine rings is 1. The summed E-state index contributed by atoms with van der Waals surface area (Å²) in [4.78, 5) is 61.3. The SMILES string of the molecule is Cc1ccc(N(C)C(=O)Cc2ccc(NC(=O)c3ccccc3OCCCNC(=O)OC(C)(C)C)nc2)c(OCCCCCC(=O)N2CCC(N(C)C)CC2)c1. The number of nitrogens with zero attached hydrogens (tertiary/aromatic N) is 4. The second-order valence-electron chi connectivity index (χ2n) is 15.5. The second kappa shape index (κ2) is 21.2. The number of para-hydroxylation sites is 1. The molecule has 1 fully saturated rings. The molecule has 1 aliphatic rings. The largest absolute Gasteiger partial charge is 0.493 e. The van der Waals surface area contributed by atoms with E-state index < -0.39 is 11.7 Å². The van der Waals surface area contributed by atoms with Gasteiger partial charge >= 0.3 is 6.09 Å². The number of hydrogen-bond donors (Lipinski definition) is 2. The molecule has 2 N–H and O–H groups in total. The molecule has 13 nitrogen and oxygen atoms in total. The summed E-state index contributed by atoms with van der Waals surface area (Å²) in [7, 11) is 5.93. The molecule has 3 aromatic rings.